The molecule has 2 amide bonds. The number of carbonyl (C=O) groups excluding carboxylic acids is 2. The first-order chi connectivity index (χ1) is 13.5. The highest BCUT2D eigenvalue weighted by atomic mass is 19.1. The predicted octanol–water partition coefficient (Wildman–Crippen LogP) is 2.34. The molecule has 0 bridgehead atoms. The predicted molar refractivity (Wildman–Crippen MR) is 99.3 cm³/mol. The van der Waals surface area contributed by atoms with Crippen LogP contribution in [0.2, 0.25) is 0 Å². The van der Waals surface area contributed by atoms with Gasteiger partial charge in [-0.15, -0.1) is 0 Å². The zero-order valence-corrected chi connectivity index (χ0v) is 15.4. The molecule has 28 heavy (non-hydrogen) atoms. The molecule has 3 heterocycles. The van der Waals surface area contributed by atoms with E-state index >= 15 is 0 Å². The second kappa shape index (κ2) is 7.41. The van der Waals surface area contributed by atoms with Gasteiger partial charge in [0.05, 0.1) is 23.7 Å². The molecule has 2 aliphatic heterocycles. The molecule has 0 spiro atoms. The lowest BCUT2D eigenvalue weighted by Gasteiger charge is -2.26. The summed E-state index contributed by atoms with van der Waals surface area (Å²) in [6.07, 6.45) is 1.21. The number of hydrogen-bond acceptors (Lipinski definition) is 6. The third-order valence-corrected chi connectivity index (χ3v) is 5.12. The van der Waals surface area contributed by atoms with Gasteiger partial charge in [-0.3, -0.25) is 9.59 Å². The standard InChI is InChI=1S/C19H20FN5O3/c1-11-12(19(27)23-22-11)6-7-17(26)25-9-8-16-13(10-25)18(24-28-16)21-15-5-3-2-4-14(15)20/h2-5,12H,6-10H2,1H3,(H,21,24)(H,23,27)/t12-/m0/s1. The maximum absolute atomic E-state index is 13.9. The number of amides is 2. The lowest BCUT2D eigenvalue weighted by molar-refractivity contribution is -0.132. The average Bonchev–Trinajstić information content (AvgIpc) is 3.24. The van der Waals surface area contributed by atoms with Crippen LogP contribution in [-0.4, -0.2) is 34.1 Å². The van der Waals surface area contributed by atoms with E-state index in [4.69, 9.17) is 4.52 Å². The number of anilines is 2. The molecule has 1 aromatic heterocycles. The minimum atomic E-state index is -0.394. The highest BCUT2D eigenvalue weighted by molar-refractivity contribution is 6.07. The maximum atomic E-state index is 13.9. The number of halogens is 1. The molecule has 1 aromatic carbocycles. The molecule has 0 saturated heterocycles. The lowest BCUT2D eigenvalue weighted by atomic mass is 9.98. The van der Waals surface area contributed by atoms with Gasteiger partial charge in [0, 0.05) is 25.1 Å². The summed E-state index contributed by atoms with van der Waals surface area (Å²) in [5.74, 6) is 0.155. The molecule has 9 heteroatoms. The topological polar surface area (TPSA) is 99.8 Å². The number of hydrogen-bond donors (Lipinski definition) is 2. The Labute approximate surface area is 160 Å². The number of nitrogens with one attached hydrogen (secondary N) is 2. The van der Waals surface area contributed by atoms with Crippen molar-refractivity contribution >= 4 is 29.0 Å². The first-order valence-electron chi connectivity index (χ1n) is 9.13. The summed E-state index contributed by atoms with van der Waals surface area (Å²) in [5.41, 5.74) is 4.18. The van der Waals surface area contributed by atoms with E-state index in [9.17, 15) is 14.0 Å². The second-order valence-corrected chi connectivity index (χ2v) is 6.92. The van der Waals surface area contributed by atoms with Crippen LogP contribution in [0.15, 0.2) is 33.9 Å². The van der Waals surface area contributed by atoms with E-state index in [1.165, 1.54) is 6.07 Å². The van der Waals surface area contributed by atoms with Crippen molar-refractivity contribution in [2.24, 2.45) is 11.0 Å². The van der Waals surface area contributed by atoms with E-state index in [1.54, 1.807) is 30.0 Å². The number of nitrogens with zero attached hydrogens (tertiary/aromatic N) is 3. The zero-order valence-electron chi connectivity index (χ0n) is 15.4. The van der Waals surface area contributed by atoms with E-state index in [-0.39, 0.29) is 24.2 Å². The second-order valence-electron chi connectivity index (χ2n) is 6.92. The van der Waals surface area contributed by atoms with Crippen LogP contribution in [0, 0.1) is 11.7 Å². The van der Waals surface area contributed by atoms with Crippen LogP contribution >= 0.6 is 0 Å². The van der Waals surface area contributed by atoms with Crippen LogP contribution in [-0.2, 0) is 22.6 Å². The number of rotatable bonds is 5. The Hall–Kier alpha value is -3.23. The summed E-state index contributed by atoms with van der Waals surface area (Å²) in [4.78, 5) is 26.1. The first kappa shape index (κ1) is 18.1. The van der Waals surface area contributed by atoms with Gasteiger partial charge in [-0.05, 0) is 25.5 Å². The first-order valence-corrected chi connectivity index (χ1v) is 9.13. The van der Waals surface area contributed by atoms with Crippen LogP contribution in [0.5, 0.6) is 0 Å². The summed E-state index contributed by atoms with van der Waals surface area (Å²) >= 11 is 0. The molecule has 0 unspecified atom stereocenters. The minimum absolute atomic E-state index is 0.0452. The molecule has 0 saturated carbocycles. The van der Waals surface area contributed by atoms with Crippen LogP contribution < -0.4 is 10.7 Å². The number of aromatic nitrogens is 1. The van der Waals surface area contributed by atoms with Crippen molar-refractivity contribution in [2.45, 2.75) is 32.7 Å². The van der Waals surface area contributed by atoms with Gasteiger partial charge in [0.25, 0.3) is 0 Å². The Morgan fingerprint density at radius 2 is 2.25 bits per heavy atom. The molecule has 0 radical (unpaired) electrons. The highest BCUT2D eigenvalue weighted by Crippen LogP contribution is 2.29. The van der Waals surface area contributed by atoms with Gasteiger partial charge in [-0.25, -0.2) is 9.82 Å². The van der Waals surface area contributed by atoms with Crippen molar-refractivity contribution < 1.29 is 18.5 Å². The molecule has 2 aliphatic rings. The number of hydrazone groups is 1. The number of fused-ring (bicyclic) bond motifs is 1. The van der Waals surface area contributed by atoms with Gasteiger partial charge in [0.1, 0.15) is 11.6 Å². The van der Waals surface area contributed by atoms with Gasteiger partial charge in [-0.1, -0.05) is 17.3 Å². The quantitative estimate of drug-likeness (QED) is 0.823. The Morgan fingerprint density at radius 3 is 3.00 bits per heavy atom. The molecular weight excluding hydrogens is 365 g/mol. The van der Waals surface area contributed by atoms with Crippen molar-refractivity contribution in [1.82, 2.24) is 15.5 Å². The van der Waals surface area contributed by atoms with Gasteiger partial charge in [0.2, 0.25) is 11.8 Å². The number of para-hydroxylation sites is 1. The fourth-order valence-corrected chi connectivity index (χ4v) is 3.47. The molecule has 0 fully saturated rings. The van der Waals surface area contributed by atoms with Gasteiger partial charge in [-0.2, -0.15) is 5.10 Å². The van der Waals surface area contributed by atoms with Crippen molar-refractivity contribution in [3.8, 4) is 0 Å². The SMILES string of the molecule is CC1=NNC(=O)[C@H]1CCC(=O)N1CCc2onc(Nc3ccccc3F)c2C1. The fourth-order valence-electron chi connectivity index (χ4n) is 3.47. The molecule has 2 aromatic rings. The number of benzene rings is 1. The summed E-state index contributed by atoms with van der Waals surface area (Å²) in [7, 11) is 0. The van der Waals surface area contributed by atoms with E-state index in [0.717, 1.165) is 5.56 Å². The van der Waals surface area contributed by atoms with Crippen molar-refractivity contribution in [1.29, 1.82) is 0 Å². The normalized spacial score (nSPS) is 18.5. The van der Waals surface area contributed by atoms with Crippen LogP contribution in [0.3, 0.4) is 0 Å². The fraction of sp³-hybridized carbons (Fsp3) is 0.368. The van der Waals surface area contributed by atoms with E-state index in [0.29, 0.717) is 48.9 Å². The van der Waals surface area contributed by atoms with Crippen LogP contribution in [0.1, 0.15) is 31.1 Å². The molecular formula is C19H20FN5O3. The summed E-state index contributed by atoms with van der Waals surface area (Å²) < 4.78 is 19.3. The zero-order chi connectivity index (χ0) is 19.7. The van der Waals surface area contributed by atoms with Gasteiger partial charge >= 0.3 is 0 Å². The van der Waals surface area contributed by atoms with Crippen molar-refractivity contribution in [3.63, 3.8) is 0 Å². The van der Waals surface area contributed by atoms with E-state index in [2.05, 4.69) is 21.0 Å². The summed E-state index contributed by atoms with van der Waals surface area (Å²) in [5, 5.41) is 10.8. The maximum Gasteiger partial charge on any atom is 0.248 e. The Kier molecular flexibility index (Phi) is 4.81. The molecule has 4 rings (SSSR count). The number of carbonyl (C=O) groups is 2. The molecule has 2 N–H and O–H groups in total. The third kappa shape index (κ3) is 3.47. The Balaban J connectivity index is 1.42. The third-order valence-electron chi connectivity index (χ3n) is 5.12. The Bertz CT molecular complexity index is 955. The summed E-state index contributed by atoms with van der Waals surface area (Å²) in [6, 6.07) is 6.29. The molecule has 146 valence electrons. The van der Waals surface area contributed by atoms with Crippen molar-refractivity contribution in [3.05, 3.63) is 41.4 Å². The Morgan fingerprint density at radius 1 is 1.43 bits per heavy atom. The summed E-state index contributed by atoms with van der Waals surface area (Å²) in [6.45, 7) is 2.63. The largest absolute Gasteiger partial charge is 0.359 e. The van der Waals surface area contributed by atoms with Crippen LogP contribution in [0.25, 0.3) is 0 Å². The van der Waals surface area contributed by atoms with Gasteiger partial charge < -0.3 is 14.7 Å². The molecule has 0 aliphatic carbocycles. The smallest absolute Gasteiger partial charge is 0.248 e. The minimum Gasteiger partial charge on any atom is -0.359 e. The average molecular weight is 385 g/mol. The van der Waals surface area contributed by atoms with Crippen LogP contribution in [0.4, 0.5) is 15.9 Å². The highest BCUT2D eigenvalue weighted by Gasteiger charge is 2.30. The monoisotopic (exact) mass is 385 g/mol. The van der Waals surface area contributed by atoms with Crippen molar-refractivity contribution in [2.75, 3.05) is 11.9 Å². The lowest BCUT2D eigenvalue weighted by Crippen LogP contribution is -2.36. The molecule has 8 nitrogen and oxygen atoms in total. The van der Waals surface area contributed by atoms with E-state index in [1.807, 2.05) is 0 Å². The van der Waals surface area contributed by atoms with Gasteiger partial charge in [0.15, 0.2) is 5.82 Å². The molecule has 1 atom stereocenters. The van der Waals surface area contributed by atoms with E-state index < -0.39 is 5.82 Å².